The van der Waals surface area contributed by atoms with Gasteiger partial charge in [0.1, 0.15) is 0 Å². The molecule has 6 nitrogen and oxygen atoms in total. The third-order valence-corrected chi connectivity index (χ3v) is 3.71. The molecule has 0 fully saturated rings. The van der Waals surface area contributed by atoms with Gasteiger partial charge in [0.2, 0.25) is 16.0 Å². The van der Waals surface area contributed by atoms with Crippen molar-refractivity contribution in [2.24, 2.45) is 5.14 Å². The Morgan fingerprint density at radius 1 is 1.10 bits per heavy atom. The van der Waals surface area contributed by atoms with Gasteiger partial charge in [-0.2, -0.15) is 0 Å². The molecule has 0 aliphatic heterocycles. The maximum Gasteiger partial charge on any atom is 0.238 e. The molecule has 7 heteroatoms. The van der Waals surface area contributed by atoms with Crippen molar-refractivity contribution < 1.29 is 8.42 Å². The molecule has 0 unspecified atom stereocenters. The Morgan fingerprint density at radius 3 is 2.10 bits per heavy atom. The second-order valence-corrected chi connectivity index (χ2v) is 6.25. The van der Waals surface area contributed by atoms with Gasteiger partial charge in [-0.1, -0.05) is 13.8 Å². The molecule has 0 atom stereocenters. The van der Waals surface area contributed by atoms with Crippen LogP contribution in [-0.2, 0) is 10.0 Å². The Morgan fingerprint density at radius 2 is 1.65 bits per heavy atom. The number of rotatable bonds is 4. The quantitative estimate of drug-likeness (QED) is 0.898. The van der Waals surface area contributed by atoms with E-state index in [1.807, 2.05) is 0 Å². The van der Waals surface area contributed by atoms with Crippen molar-refractivity contribution in [2.45, 2.75) is 24.7 Å². The lowest BCUT2D eigenvalue weighted by molar-refractivity contribution is 0.598. The Labute approximate surface area is 118 Å². The van der Waals surface area contributed by atoms with Gasteiger partial charge in [-0.3, -0.25) is 0 Å². The standard InChI is InChI=1S/C13H16N4O2S/c1-9(2)10-7-15-13(16-8-10)17-11-3-5-12(6-4-11)20(14,18)19/h3-9H,1-2H3,(H2,14,18,19)(H,15,16,17). The van der Waals surface area contributed by atoms with Crippen molar-refractivity contribution in [2.75, 3.05) is 5.32 Å². The van der Waals surface area contributed by atoms with Crippen LogP contribution in [0.5, 0.6) is 0 Å². The summed E-state index contributed by atoms with van der Waals surface area (Å²) in [5.74, 6) is 0.829. The minimum absolute atomic E-state index is 0.0686. The van der Waals surface area contributed by atoms with Gasteiger partial charge in [0, 0.05) is 18.1 Å². The number of primary sulfonamides is 1. The molecule has 1 aromatic heterocycles. The third-order valence-electron chi connectivity index (χ3n) is 2.78. The van der Waals surface area contributed by atoms with Crippen LogP contribution in [0.3, 0.4) is 0 Å². The molecular weight excluding hydrogens is 276 g/mol. The van der Waals surface area contributed by atoms with Crippen molar-refractivity contribution in [3.63, 3.8) is 0 Å². The summed E-state index contributed by atoms with van der Waals surface area (Å²) in [6.07, 6.45) is 3.53. The molecule has 106 valence electrons. The van der Waals surface area contributed by atoms with Gasteiger partial charge in [-0.05, 0) is 35.7 Å². The summed E-state index contributed by atoms with van der Waals surface area (Å²) >= 11 is 0. The van der Waals surface area contributed by atoms with Gasteiger partial charge in [0.15, 0.2) is 0 Å². The van der Waals surface area contributed by atoms with Gasteiger partial charge in [0.05, 0.1) is 4.90 Å². The number of anilines is 2. The van der Waals surface area contributed by atoms with E-state index in [4.69, 9.17) is 5.14 Å². The molecule has 0 saturated heterocycles. The van der Waals surface area contributed by atoms with Gasteiger partial charge < -0.3 is 5.32 Å². The smallest absolute Gasteiger partial charge is 0.238 e. The van der Waals surface area contributed by atoms with E-state index >= 15 is 0 Å². The summed E-state index contributed by atoms with van der Waals surface area (Å²) in [5.41, 5.74) is 1.75. The highest BCUT2D eigenvalue weighted by atomic mass is 32.2. The average Bonchev–Trinajstić information content (AvgIpc) is 2.39. The molecule has 0 aliphatic carbocycles. The Bertz CT molecular complexity index is 679. The zero-order valence-corrected chi connectivity index (χ0v) is 12.1. The minimum atomic E-state index is -3.67. The second kappa shape index (κ2) is 5.56. The molecule has 0 spiro atoms. The number of hydrogen-bond acceptors (Lipinski definition) is 5. The van der Waals surface area contributed by atoms with Crippen molar-refractivity contribution in [3.8, 4) is 0 Å². The van der Waals surface area contributed by atoms with Crippen LogP contribution in [-0.4, -0.2) is 18.4 Å². The van der Waals surface area contributed by atoms with E-state index < -0.39 is 10.0 Å². The molecule has 20 heavy (non-hydrogen) atoms. The number of nitrogens with zero attached hydrogens (tertiary/aromatic N) is 2. The fraction of sp³-hybridized carbons (Fsp3) is 0.231. The number of nitrogens with one attached hydrogen (secondary N) is 1. The summed E-state index contributed by atoms with van der Waals surface area (Å²) in [4.78, 5) is 8.47. The highest BCUT2D eigenvalue weighted by Crippen LogP contribution is 2.17. The first-order chi connectivity index (χ1) is 9.36. The molecule has 3 N–H and O–H groups in total. The lowest BCUT2D eigenvalue weighted by Gasteiger charge is -2.07. The van der Waals surface area contributed by atoms with E-state index in [1.54, 1.807) is 24.5 Å². The minimum Gasteiger partial charge on any atom is -0.324 e. The number of aromatic nitrogens is 2. The average molecular weight is 292 g/mol. The van der Waals surface area contributed by atoms with Crippen LogP contribution < -0.4 is 10.5 Å². The summed E-state index contributed by atoms with van der Waals surface area (Å²) < 4.78 is 22.3. The molecule has 2 aromatic rings. The highest BCUT2D eigenvalue weighted by Gasteiger charge is 2.07. The van der Waals surface area contributed by atoms with E-state index in [2.05, 4.69) is 29.1 Å². The van der Waals surface area contributed by atoms with Crippen LogP contribution in [0.1, 0.15) is 25.3 Å². The zero-order chi connectivity index (χ0) is 14.8. The van der Waals surface area contributed by atoms with Crippen molar-refractivity contribution >= 4 is 21.7 Å². The second-order valence-electron chi connectivity index (χ2n) is 4.69. The lowest BCUT2D eigenvalue weighted by atomic mass is 10.1. The van der Waals surface area contributed by atoms with Gasteiger partial charge >= 0.3 is 0 Å². The van der Waals surface area contributed by atoms with Crippen LogP contribution in [0.4, 0.5) is 11.6 Å². The van der Waals surface area contributed by atoms with Gasteiger partial charge in [0.25, 0.3) is 0 Å². The van der Waals surface area contributed by atoms with Crippen molar-refractivity contribution in [1.29, 1.82) is 0 Å². The predicted octanol–water partition coefficient (Wildman–Crippen LogP) is 1.99. The molecule has 0 saturated carbocycles. The first-order valence-electron chi connectivity index (χ1n) is 6.08. The van der Waals surface area contributed by atoms with Crippen LogP contribution >= 0.6 is 0 Å². The van der Waals surface area contributed by atoms with E-state index in [9.17, 15) is 8.42 Å². The SMILES string of the molecule is CC(C)c1cnc(Nc2ccc(S(N)(=O)=O)cc2)nc1. The molecule has 0 amide bonds. The Hall–Kier alpha value is -1.99. The van der Waals surface area contributed by atoms with Gasteiger partial charge in [-0.25, -0.2) is 23.5 Å². The summed E-state index contributed by atoms with van der Waals surface area (Å²) in [6.45, 7) is 4.13. The fourth-order valence-electron chi connectivity index (χ4n) is 1.56. The van der Waals surface area contributed by atoms with E-state index in [0.717, 1.165) is 5.56 Å². The molecular formula is C13H16N4O2S. The largest absolute Gasteiger partial charge is 0.324 e. The van der Waals surface area contributed by atoms with Crippen molar-refractivity contribution in [3.05, 3.63) is 42.2 Å². The molecule has 0 radical (unpaired) electrons. The normalized spacial score (nSPS) is 11.6. The first kappa shape index (κ1) is 14.4. The van der Waals surface area contributed by atoms with Crippen LogP contribution in [0.2, 0.25) is 0 Å². The Balaban J connectivity index is 2.14. The summed E-state index contributed by atoms with van der Waals surface area (Å²) in [7, 11) is -3.67. The van der Waals surface area contributed by atoms with Gasteiger partial charge in [-0.15, -0.1) is 0 Å². The fourth-order valence-corrected chi connectivity index (χ4v) is 2.07. The maximum absolute atomic E-state index is 11.1. The highest BCUT2D eigenvalue weighted by molar-refractivity contribution is 7.89. The van der Waals surface area contributed by atoms with E-state index in [1.165, 1.54) is 12.1 Å². The monoisotopic (exact) mass is 292 g/mol. The molecule has 0 aliphatic rings. The third kappa shape index (κ3) is 3.52. The number of nitrogens with two attached hydrogens (primary N) is 1. The molecule has 2 rings (SSSR count). The number of sulfonamides is 1. The molecule has 0 bridgehead atoms. The Kier molecular flexibility index (Phi) is 4.01. The first-order valence-corrected chi connectivity index (χ1v) is 7.63. The van der Waals surface area contributed by atoms with Crippen molar-refractivity contribution in [1.82, 2.24) is 9.97 Å². The molecule has 1 heterocycles. The number of benzene rings is 1. The molecule has 1 aromatic carbocycles. The van der Waals surface area contributed by atoms with E-state index in [0.29, 0.717) is 17.6 Å². The predicted molar refractivity (Wildman–Crippen MR) is 77.2 cm³/mol. The van der Waals surface area contributed by atoms with Crippen LogP contribution in [0, 0.1) is 0 Å². The zero-order valence-electron chi connectivity index (χ0n) is 11.2. The number of hydrogen-bond donors (Lipinski definition) is 2. The van der Waals surface area contributed by atoms with E-state index in [-0.39, 0.29) is 4.90 Å². The summed E-state index contributed by atoms with van der Waals surface area (Å²) in [6, 6.07) is 6.08. The van der Waals surface area contributed by atoms with Crippen LogP contribution in [0.15, 0.2) is 41.6 Å². The lowest BCUT2D eigenvalue weighted by Crippen LogP contribution is -2.11. The summed E-state index contributed by atoms with van der Waals surface area (Å²) in [5, 5.41) is 8.02. The van der Waals surface area contributed by atoms with Crippen LogP contribution in [0.25, 0.3) is 0 Å². The maximum atomic E-state index is 11.1. The topological polar surface area (TPSA) is 98.0 Å².